The molecule has 0 aromatic carbocycles. The van der Waals surface area contributed by atoms with Gasteiger partial charge in [-0.15, -0.1) is 0 Å². The molecule has 68 valence electrons. The third-order valence-electron chi connectivity index (χ3n) is 2.87. The Bertz CT molecular complexity index is 200. The molecule has 2 bridgehead atoms. The van der Waals surface area contributed by atoms with Crippen LogP contribution in [-0.2, 0) is 4.74 Å². The molecule has 0 aromatic heterocycles. The zero-order valence-corrected chi connectivity index (χ0v) is 7.05. The summed E-state index contributed by atoms with van der Waals surface area (Å²) < 4.78 is 5.52. The average molecular weight is 170 g/mol. The number of hydrogen-bond acceptors (Lipinski definition) is 3. The summed E-state index contributed by atoms with van der Waals surface area (Å²) in [5.74, 6) is 0.157. The highest BCUT2D eigenvalue weighted by Gasteiger charge is 2.47. The van der Waals surface area contributed by atoms with E-state index in [1.54, 1.807) is 6.92 Å². The molecule has 2 heterocycles. The molecule has 2 aliphatic heterocycles. The molecule has 0 spiro atoms. The van der Waals surface area contributed by atoms with Crippen LogP contribution in [0.2, 0.25) is 0 Å². The van der Waals surface area contributed by atoms with Crippen LogP contribution in [0.5, 0.6) is 0 Å². The molecule has 3 heteroatoms. The van der Waals surface area contributed by atoms with E-state index in [2.05, 4.69) is 0 Å². The monoisotopic (exact) mass is 170 g/mol. The topological polar surface area (TPSA) is 49.7 Å². The first-order chi connectivity index (χ1) is 5.74. The Labute approximate surface area is 71.7 Å². The lowest BCUT2D eigenvalue weighted by Crippen LogP contribution is -2.34. The largest absolute Gasteiger partial charge is 0.396 e. The van der Waals surface area contributed by atoms with Crippen LogP contribution in [0.25, 0.3) is 0 Å². The maximum Gasteiger partial charge on any atom is 0.0822 e. The summed E-state index contributed by atoms with van der Waals surface area (Å²) in [4.78, 5) is 0. The fourth-order valence-electron chi connectivity index (χ4n) is 2.27. The molecule has 3 nitrogen and oxygen atoms in total. The number of rotatable bonds is 2. The van der Waals surface area contributed by atoms with Crippen molar-refractivity contribution in [3.8, 4) is 0 Å². The lowest BCUT2D eigenvalue weighted by molar-refractivity contribution is 0.0590. The average Bonchev–Trinajstić information content (AvgIpc) is 2.60. The molecule has 2 aliphatic rings. The van der Waals surface area contributed by atoms with Crippen molar-refractivity contribution in [2.24, 2.45) is 11.8 Å². The van der Waals surface area contributed by atoms with Crippen molar-refractivity contribution >= 4 is 0 Å². The summed E-state index contributed by atoms with van der Waals surface area (Å²) >= 11 is 0. The van der Waals surface area contributed by atoms with Gasteiger partial charge in [0.1, 0.15) is 0 Å². The van der Waals surface area contributed by atoms with Gasteiger partial charge in [0.2, 0.25) is 0 Å². The van der Waals surface area contributed by atoms with E-state index >= 15 is 0 Å². The quantitative estimate of drug-likeness (QED) is 0.570. The van der Waals surface area contributed by atoms with Gasteiger partial charge >= 0.3 is 0 Å². The second kappa shape index (κ2) is 2.83. The fraction of sp³-hybridized carbons (Fsp3) is 0.778. The maximum absolute atomic E-state index is 9.45. The highest BCUT2D eigenvalue weighted by atomic mass is 16.5. The van der Waals surface area contributed by atoms with E-state index in [0.717, 1.165) is 0 Å². The van der Waals surface area contributed by atoms with E-state index in [-0.39, 0.29) is 30.7 Å². The van der Waals surface area contributed by atoms with Crippen LogP contribution in [-0.4, -0.2) is 35.1 Å². The molecule has 0 aromatic rings. The number of aliphatic hydroxyl groups is 2. The summed E-state index contributed by atoms with van der Waals surface area (Å²) in [5.41, 5.74) is 0. The Balaban J connectivity index is 2.17. The van der Waals surface area contributed by atoms with Crippen molar-refractivity contribution in [1.29, 1.82) is 0 Å². The minimum Gasteiger partial charge on any atom is -0.396 e. The minimum atomic E-state index is -0.401. The summed E-state index contributed by atoms with van der Waals surface area (Å²) in [7, 11) is 0. The molecule has 12 heavy (non-hydrogen) atoms. The van der Waals surface area contributed by atoms with Gasteiger partial charge in [-0.2, -0.15) is 0 Å². The van der Waals surface area contributed by atoms with Gasteiger partial charge in [-0.05, 0) is 6.92 Å². The second-order valence-corrected chi connectivity index (χ2v) is 3.61. The highest BCUT2D eigenvalue weighted by Crippen LogP contribution is 2.40. The fourth-order valence-corrected chi connectivity index (χ4v) is 2.27. The molecule has 0 radical (unpaired) electrons. The normalized spacial score (nSPS) is 46.9. The molecule has 5 atom stereocenters. The smallest absolute Gasteiger partial charge is 0.0822 e. The highest BCUT2D eigenvalue weighted by molar-refractivity contribution is 5.15. The van der Waals surface area contributed by atoms with Gasteiger partial charge in [-0.3, -0.25) is 0 Å². The molecule has 2 N–H and O–H groups in total. The van der Waals surface area contributed by atoms with Crippen LogP contribution >= 0.6 is 0 Å². The van der Waals surface area contributed by atoms with E-state index in [4.69, 9.17) is 9.84 Å². The Morgan fingerprint density at radius 1 is 1.42 bits per heavy atom. The van der Waals surface area contributed by atoms with Crippen molar-refractivity contribution in [3.05, 3.63) is 12.2 Å². The van der Waals surface area contributed by atoms with Gasteiger partial charge in [0.05, 0.1) is 18.3 Å². The predicted octanol–water partition coefficient (Wildman–Crippen LogP) is -0.0709. The zero-order chi connectivity index (χ0) is 8.72. The number of fused-ring (bicyclic) bond motifs is 2. The van der Waals surface area contributed by atoms with E-state index in [9.17, 15) is 5.11 Å². The molecule has 0 unspecified atom stereocenters. The molecule has 1 fully saturated rings. The van der Waals surface area contributed by atoms with Gasteiger partial charge in [0.25, 0.3) is 0 Å². The standard InChI is InChI=1S/C9H14O3/c1-5(11)9-6(4-10)7-2-3-8(9)12-7/h2-3,5-11H,4H2,1H3/t5-,6+,7+,8-,9+/m0/s1. The summed E-state index contributed by atoms with van der Waals surface area (Å²) in [6, 6.07) is 0. The van der Waals surface area contributed by atoms with Gasteiger partial charge < -0.3 is 14.9 Å². The SMILES string of the molecule is C[C@H](O)[C@@H]1[C@H](CO)[C@H]2C=C[C@@H]1O2. The maximum atomic E-state index is 9.45. The van der Waals surface area contributed by atoms with Crippen molar-refractivity contribution in [2.45, 2.75) is 25.2 Å². The van der Waals surface area contributed by atoms with Crippen LogP contribution in [0.15, 0.2) is 12.2 Å². The first-order valence-electron chi connectivity index (χ1n) is 4.36. The number of aliphatic hydroxyl groups excluding tert-OH is 2. The third kappa shape index (κ3) is 1.01. The van der Waals surface area contributed by atoms with Crippen molar-refractivity contribution in [2.75, 3.05) is 6.61 Å². The summed E-state index contributed by atoms with van der Waals surface area (Å²) in [5, 5.41) is 18.5. The van der Waals surface area contributed by atoms with Crippen LogP contribution in [0, 0.1) is 11.8 Å². The molecule has 0 saturated carbocycles. The van der Waals surface area contributed by atoms with E-state index < -0.39 is 6.10 Å². The van der Waals surface area contributed by atoms with Crippen molar-refractivity contribution in [1.82, 2.24) is 0 Å². The van der Waals surface area contributed by atoms with Gasteiger partial charge in [0.15, 0.2) is 0 Å². The van der Waals surface area contributed by atoms with E-state index in [1.165, 1.54) is 0 Å². The molecule has 1 saturated heterocycles. The van der Waals surface area contributed by atoms with Crippen molar-refractivity contribution in [3.63, 3.8) is 0 Å². The van der Waals surface area contributed by atoms with E-state index in [0.29, 0.717) is 0 Å². The Morgan fingerprint density at radius 2 is 2.08 bits per heavy atom. The summed E-state index contributed by atoms with van der Waals surface area (Å²) in [6.07, 6.45) is 3.60. The Kier molecular flexibility index (Phi) is 1.94. The Morgan fingerprint density at radius 3 is 2.58 bits per heavy atom. The first kappa shape index (κ1) is 8.23. The van der Waals surface area contributed by atoms with Gasteiger partial charge in [-0.25, -0.2) is 0 Å². The minimum absolute atomic E-state index is 0.0205. The van der Waals surface area contributed by atoms with Crippen LogP contribution in [0.1, 0.15) is 6.92 Å². The van der Waals surface area contributed by atoms with Gasteiger partial charge in [-0.1, -0.05) is 12.2 Å². The van der Waals surface area contributed by atoms with Crippen LogP contribution in [0.3, 0.4) is 0 Å². The third-order valence-corrected chi connectivity index (χ3v) is 2.87. The van der Waals surface area contributed by atoms with E-state index in [1.807, 2.05) is 12.2 Å². The number of ether oxygens (including phenoxy) is 1. The molecule has 0 aliphatic carbocycles. The molecular weight excluding hydrogens is 156 g/mol. The molecular formula is C9H14O3. The zero-order valence-electron chi connectivity index (χ0n) is 7.05. The van der Waals surface area contributed by atoms with Crippen LogP contribution < -0.4 is 0 Å². The number of hydrogen-bond donors (Lipinski definition) is 2. The second-order valence-electron chi connectivity index (χ2n) is 3.61. The molecule has 0 amide bonds. The summed E-state index contributed by atoms with van der Waals surface area (Å²) in [6.45, 7) is 1.85. The van der Waals surface area contributed by atoms with Crippen LogP contribution in [0.4, 0.5) is 0 Å². The first-order valence-corrected chi connectivity index (χ1v) is 4.36. The lowest BCUT2D eigenvalue weighted by atomic mass is 9.80. The van der Waals surface area contributed by atoms with Crippen molar-refractivity contribution < 1.29 is 14.9 Å². The predicted molar refractivity (Wildman–Crippen MR) is 43.5 cm³/mol. The molecule has 2 rings (SSSR count). The lowest BCUT2D eigenvalue weighted by Gasteiger charge is -2.25. The van der Waals surface area contributed by atoms with Gasteiger partial charge in [0, 0.05) is 18.4 Å². The Hall–Kier alpha value is -0.380.